The second kappa shape index (κ2) is 6.71. The fourth-order valence-electron chi connectivity index (χ4n) is 1.75. The van der Waals surface area contributed by atoms with E-state index >= 15 is 0 Å². The molecule has 1 rings (SSSR count). The van der Waals surface area contributed by atoms with E-state index in [1.54, 1.807) is 6.07 Å². The molecule has 0 aliphatic carbocycles. The fourth-order valence-corrected chi connectivity index (χ4v) is 2.08. The van der Waals surface area contributed by atoms with Crippen LogP contribution in [0.1, 0.15) is 31.4 Å². The van der Waals surface area contributed by atoms with Crippen molar-refractivity contribution in [3.8, 4) is 0 Å². The third-order valence-corrected chi connectivity index (χ3v) is 3.30. The molecule has 0 spiro atoms. The average molecular weight is 274 g/mol. The lowest BCUT2D eigenvalue weighted by atomic mass is 10.1. The zero-order valence-electron chi connectivity index (χ0n) is 10.5. The number of carbonyl (C=O) groups is 1. The monoisotopic (exact) mass is 273 g/mol. The Kier molecular flexibility index (Phi) is 5.56. The predicted octanol–water partition coefficient (Wildman–Crippen LogP) is 3.34. The molecule has 1 aromatic rings. The summed E-state index contributed by atoms with van der Waals surface area (Å²) >= 11 is 5.99. The van der Waals surface area contributed by atoms with Gasteiger partial charge in [0.05, 0.1) is 0 Å². The Morgan fingerprint density at radius 1 is 1.56 bits per heavy atom. The van der Waals surface area contributed by atoms with Crippen LogP contribution in [0.4, 0.5) is 4.39 Å². The van der Waals surface area contributed by atoms with Gasteiger partial charge >= 0.3 is 5.97 Å². The number of aliphatic carboxylic acids is 1. The fraction of sp³-hybridized carbons (Fsp3) is 0.462. The summed E-state index contributed by atoms with van der Waals surface area (Å²) in [5, 5.41) is 8.97. The molecule has 0 fully saturated rings. The van der Waals surface area contributed by atoms with Gasteiger partial charge < -0.3 is 5.11 Å². The third kappa shape index (κ3) is 4.27. The first-order chi connectivity index (χ1) is 8.41. The standard InChI is InChI=1S/C13H17ClFNO2/c1-9(16(2)7-3-4-13(17)18)11-6-5-10(15)8-12(11)14/h5-6,8-9H,3-4,7H2,1-2H3,(H,17,18). The number of benzene rings is 1. The zero-order valence-corrected chi connectivity index (χ0v) is 11.2. The molecule has 5 heteroatoms. The molecule has 0 radical (unpaired) electrons. The summed E-state index contributed by atoms with van der Waals surface area (Å²) in [5.41, 5.74) is 0.843. The predicted molar refractivity (Wildman–Crippen MR) is 69.3 cm³/mol. The van der Waals surface area contributed by atoms with E-state index in [0.717, 1.165) is 5.56 Å². The molecule has 0 bridgehead atoms. The van der Waals surface area contributed by atoms with E-state index < -0.39 is 5.97 Å². The Bertz CT molecular complexity index is 425. The van der Waals surface area contributed by atoms with E-state index in [9.17, 15) is 9.18 Å². The van der Waals surface area contributed by atoms with Gasteiger partial charge in [0.2, 0.25) is 0 Å². The van der Waals surface area contributed by atoms with Crippen molar-refractivity contribution < 1.29 is 14.3 Å². The van der Waals surface area contributed by atoms with Gasteiger partial charge in [0, 0.05) is 17.5 Å². The van der Waals surface area contributed by atoms with E-state index in [1.807, 2.05) is 18.9 Å². The molecule has 1 unspecified atom stereocenters. The van der Waals surface area contributed by atoms with Gasteiger partial charge in [0.1, 0.15) is 5.82 Å². The summed E-state index contributed by atoms with van der Waals surface area (Å²) in [4.78, 5) is 12.4. The Hall–Kier alpha value is -1.13. The van der Waals surface area contributed by atoms with E-state index in [4.69, 9.17) is 16.7 Å². The van der Waals surface area contributed by atoms with Crippen molar-refractivity contribution in [1.29, 1.82) is 0 Å². The normalized spacial score (nSPS) is 12.7. The highest BCUT2D eigenvalue weighted by Crippen LogP contribution is 2.27. The average Bonchev–Trinajstić information content (AvgIpc) is 2.27. The van der Waals surface area contributed by atoms with Crippen molar-refractivity contribution in [3.05, 3.63) is 34.6 Å². The first kappa shape index (κ1) is 14.9. The van der Waals surface area contributed by atoms with Gasteiger partial charge in [-0.1, -0.05) is 17.7 Å². The lowest BCUT2D eigenvalue weighted by molar-refractivity contribution is -0.137. The van der Waals surface area contributed by atoms with Crippen LogP contribution in [0.25, 0.3) is 0 Å². The van der Waals surface area contributed by atoms with E-state index in [2.05, 4.69) is 0 Å². The summed E-state index contributed by atoms with van der Waals surface area (Å²) in [6.45, 7) is 2.61. The third-order valence-electron chi connectivity index (χ3n) is 2.98. The minimum Gasteiger partial charge on any atom is -0.481 e. The summed E-state index contributed by atoms with van der Waals surface area (Å²) in [7, 11) is 1.90. The van der Waals surface area contributed by atoms with Crippen molar-refractivity contribution in [2.24, 2.45) is 0 Å². The van der Waals surface area contributed by atoms with E-state index in [0.29, 0.717) is 18.0 Å². The summed E-state index contributed by atoms with van der Waals surface area (Å²) in [6, 6.07) is 4.35. The molecule has 0 saturated carbocycles. The molecular formula is C13H17ClFNO2. The number of hydrogen-bond donors (Lipinski definition) is 1. The zero-order chi connectivity index (χ0) is 13.7. The molecule has 0 amide bonds. The molecule has 18 heavy (non-hydrogen) atoms. The summed E-state index contributed by atoms with van der Waals surface area (Å²) in [5.74, 6) is -1.15. The highest BCUT2D eigenvalue weighted by Gasteiger charge is 2.15. The molecule has 1 N–H and O–H groups in total. The number of rotatable bonds is 6. The largest absolute Gasteiger partial charge is 0.481 e. The Morgan fingerprint density at radius 2 is 2.22 bits per heavy atom. The molecule has 0 aliphatic heterocycles. The molecule has 0 aliphatic rings. The second-order valence-electron chi connectivity index (χ2n) is 4.32. The van der Waals surface area contributed by atoms with E-state index in [1.165, 1.54) is 12.1 Å². The van der Waals surface area contributed by atoms with Crippen LogP contribution < -0.4 is 0 Å². The number of halogens is 2. The molecule has 3 nitrogen and oxygen atoms in total. The molecular weight excluding hydrogens is 257 g/mol. The molecule has 0 saturated heterocycles. The smallest absolute Gasteiger partial charge is 0.303 e. The highest BCUT2D eigenvalue weighted by molar-refractivity contribution is 6.31. The minimum absolute atomic E-state index is 0.0203. The van der Waals surface area contributed by atoms with Crippen LogP contribution in [0, 0.1) is 5.82 Å². The number of hydrogen-bond acceptors (Lipinski definition) is 2. The quantitative estimate of drug-likeness (QED) is 0.864. The maximum Gasteiger partial charge on any atom is 0.303 e. The first-order valence-corrected chi connectivity index (χ1v) is 6.16. The van der Waals surface area contributed by atoms with Gasteiger partial charge in [-0.2, -0.15) is 0 Å². The van der Waals surface area contributed by atoms with E-state index in [-0.39, 0.29) is 18.3 Å². The Balaban J connectivity index is 2.62. The molecule has 1 atom stereocenters. The Labute approximate surface area is 111 Å². The Morgan fingerprint density at radius 3 is 2.78 bits per heavy atom. The molecule has 100 valence electrons. The van der Waals surface area contributed by atoms with Crippen LogP contribution in [0.15, 0.2) is 18.2 Å². The van der Waals surface area contributed by atoms with Gasteiger partial charge in [-0.3, -0.25) is 9.69 Å². The van der Waals surface area contributed by atoms with Crippen molar-refractivity contribution in [2.75, 3.05) is 13.6 Å². The van der Waals surface area contributed by atoms with Crippen molar-refractivity contribution in [3.63, 3.8) is 0 Å². The second-order valence-corrected chi connectivity index (χ2v) is 4.73. The first-order valence-electron chi connectivity index (χ1n) is 5.78. The highest BCUT2D eigenvalue weighted by atomic mass is 35.5. The van der Waals surface area contributed by atoms with Crippen molar-refractivity contribution >= 4 is 17.6 Å². The number of nitrogens with zero attached hydrogens (tertiary/aromatic N) is 1. The van der Waals surface area contributed by atoms with Gasteiger partial charge in [0.15, 0.2) is 0 Å². The van der Waals surface area contributed by atoms with Gasteiger partial charge in [-0.25, -0.2) is 4.39 Å². The topological polar surface area (TPSA) is 40.5 Å². The van der Waals surface area contributed by atoms with Crippen LogP contribution in [0.2, 0.25) is 5.02 Å². The maximum absolute atomic E-state index is 12.9. The van der Waals surface area contributed by atoms with Crippen LogP contribution >= 0.6 is 11.6 Å². The number of carboxylic acid groups (broad SMARTS) is 1. The lowest BCUT2D eigenvalue weighted by Gasteiger charge is -2.25. The SMILES string of the molecule is CC(c1ccc(F)cc1Cl)N(C)CCCC(=O)O. The van der Waals surface area contributed by atoms with Crippen LogP contribution in [0.3, 0.4) is 0 Å². The van der Waals surface area contributed by atoms with Crippen LogP contribution in [-0.4, -0.2) is 29.6 Å². The van der Waals surface area contributed by atoms with Gasteiger partial charge in [-0.05, 0) is 44.6 Å². The molecule has 1 aromatic carbocycles. The summed E-state index contributed by atoms with van der Waals surface area (Å²) < 4.78 is 12.9. The lowest BCUT2D eigenvalue weighted by Crippen LogP contribution is -2.24. The van der Waals surface area contributed by atoms with Crippen LogP contribution in [0.5, 0.6) is 0 Å². The minimum atomic E-state index is -0.795. The van der Waals surface area contributed by atoms with Crippen molar-refractivity contribution in [2.45, 2.75) is 25.8 Å². The van der Waals surface area contributed by atoms with Gasteiger partial charge in [0.25, 0.3) is 0 Å². The maximum atomic E-state index is 12.9. The van der Waals surface area contributed by atoms with Gasteiger partial charge in [-0.15, -0.1) is 0 Å². The van der Waals surface area contributed by atoms with Crippen molar-refractivity contribution in [1.82, 2.24) is 4.90 Å². The number of carboxylic acids is 1. The van der Waals surface area contributed by atoms with Crippen LogP contribution in [-0.2, 0) is 4.79 Å². The molecule has 0 aromatic heterocycles. The molecule has 0 heterocycles. The summed E-state index contributed by atoms with van der Waals surface area (Å²) in [6.07, 6.45) is 0.725.